The minimum Gasteiger partial charge on any atom is -0.490 e. The van der Waals surface area contributed by atoms with Gasteiger partial charge in [-0.2, -0.15) is 0 Å². The minimum absolute atomic E-state index is 0.320. The fraction of sp³-hybridized carbons (Fsp3) is 0.455. The van der Waals surface area contributed by atoms with Crippen LogP contribution in [0.3, 0.4) is 0 Å². The van der Waals surface area contributed by atoms with E-state index < -0.39 is 0 Å². The van der Waals surface area contributed by atoms with Gasteiger partial charge in [-0.3, -0.25) is 4.79 Å². The molecule has 132 valence electrons. The highest BCUT2D eigenvalue weighted by atomic mass is 16.5. The lowest BCUT2D eigenvalue weighted by atomic mass is 9.72. The van der Waals surface area contributed by atoms with E-state index in [0.717, 1.165) is 42.1 Å². The first-order valence-corrected chi connectivity index (χ1v) is 9.15. The van der Waals surface area contributed by atoms with Crippen molar-refractivity contribution >= 4 is 6.29 Å². The average molecular weight is 337 g/mol. The van der Waals surface area contributed by atoms with Crippen LogP contribution >= 0.6 is 0 Å². The first kappa shape index (κ1) is 17.7. The smallest absolute Gasteiger partial charge is 0.168 e. The average Bonchev–Trinajstić information content (AvgIpc) is 2.62. The first-order chi connectivity index (χ1) is 12.0. The van der Waals surface area contributed by atoms with Gasteiger partial charge in [0.15, 0.2) is 6.29 Å². The third-order valence-corrected chi connectivity index (χ3v) is 5.24. The highest BCUT2D eigenvalue weighted by Crippen LogP contribution is 2.38. The Hall–Kier alpha value is -2.16. The van der Waals surface area contributed by atoms with Crippen LogP contribution in [0.25, 0.3) is 11.3 Å². The van der Waals surface area contributed by atoms with E-state index in [-0.39, 0.29) is 0 Å². The summed E-state index contributed by atoms with van der Waals surface area (Å²) < 4.78 is 6.18. The number of carbonyl (C=O) groups is 1. The molecule has 0 amide bonds. The molecule has 1 aliphatic carbocycles. The first-order valence-electron chi connectivity index (χ1n) is 9.15. The largest absolute Gasteiger partial charge is 0.490 e. The van der Waals surface area contributed by atoms with Crippen molar-refractivity contribution in [1.82, 2.24) is 4.98 Å². The topological polar surface area (TPSA) is 39.2 Å². The molecule has 3 rings (SSSR count). The number of hydrogen-bond acceptors (Lipinski definition) is 3. The summed E-state index contributed by atoms with van der Waals surface area (Å²) in [5, 5.41) is 0. The SMILES string of the molecule is CC(C)(C)[C@H]1CC[C@H](Oc2ccc(-c3cccc(C=O)n3)cc2)CC1. The second kappa shape index (κ2) is 7.38. The van der Waals surface area contributed by atoms with Crippen molar-refractivity contribution < 1.29 is 9.53 Å². The van der Waals surface area contributed by atoms with Crippen molar-refractivity contribution in [3.05, 3.63) is 48.2 Å². The van der Waals surface area contributed by atoms with E-state index in [1.807, 2.05) is 36.4 Å². The number of pyridine rings is 1. The molecule has 0 aliphatic heterocycles. The Morgan fingerprint density at radius 3 is 2.28 bits per heavy atom. The number of rotatable bonds is 4. The van der Waals surface area contributed by atoms with Gasteiger partial charge in [-0.15, -0.1) is 0 Å². The Morgan fingerprint density at radius 1 is 1.00 bits per heavy atom. The number of nitrogens with zero attached hydrogens (tertiary/aromatic N) is 1. The number of benzene rings is 1. The highest BCUT2D eigenvalue weighted by molar-refractivity contribution is 5.73. The van der Waals surface area contributed by atoms with Crippen LogP contribution in [0, 0.1) is 11.3 Å². The van der Waals surface area contributed by atoms with E-state index in [0.29, 0.717) is 17.2 Å². The summed E-state index contributed by atoms with van der Waals surface area (Å²) in [5.74, 6) is 1.71. The van der Waals surface area contributed by atoms with Gasteiger partial charge >= 0.3 is 0 Å². The van der Waals surface area contributed by atoms with E-state index in [1.54, 1.807) is 6.07 Å². The van der Waals surface area contributed by atoms with Gasteiger partial charge in [-0.25, -0.2) is 4.98 Å². The van der Waals surface area contributed by atoms with Gasteiger partial charge in [0.25, 0.3) is 0 Å². The molecular weight excluding hydrogens is 310 g/mol. The maximum atomic E-state index is 10.9. The molecule has 3 nitrogen and oxygen atoms in total. The molecule has 0 unspecified atom stereocenters. The number of carbonyl (C=O) groups excluding carboxylic acids is 1. The van der Waals surface area contributed by atoms with Crippen molar-refractivity contribution in [3.8, 4) is 17.0 Å². The second-order valence-electron chi connectivity index (χ2n) is 8.05. The number of hydrogen-bond donors (Lipinski definition) is 0. The van der Waals surface area contributed by atoms with Gasteiger partial charge in [0, 0.05) is 5.56 Å². The summed E-state index contributed by atoms with van der Waals surface area (Å²) in [6, 6.07) is 13.5. The van der Waals surface area contributed by atoms with Crippen molar-refractivity contribution in [2.75, 3.05) is 0 Å². The van der Waals surface area contributed by atoms with Crippen LogP contribution in [-0.4, -0.2) is 17.4 Å². The fourth-order valence-electron chi connectivity index (χ4n) is 3.62. The molecule has 0 spiro atoms. The molecule has 1 aliphatic rings. The molecule has 0 bridgehead atoms. The van der Waals surface area contributed by atoms with Gasteiger partial charge in [-0.05, 0) is 73.4 Å². The van der Waals surface area contributed by atoms with E-state index in [9.17, 15) is 4.79 Å². The van der Waals surface area contributed by atoms with Crippen LogP contribution in [0.5, 0.6) is 5.75 Å². The zero-order chi connectivity index (χ0) is 17.9. The van der Waals surface area contributed by atoms with Gasteiger partial charge in [0.05, 0.1) is 11.8 Å². The molecule has 1 aromatic heterocycles. The van der Waals surface area contributed by atoms with Gasteiger partial charge in [0.2, 0.25) is 0 Å². The molecular formula is C22H27NO2. The maximum Gasteiger partial charge on any atom is 0.168 e. The molecule has 3 heteroatoms. The van der Waals surface area contributed by atoms with Crippen LogP contribution in [0.4, 0.5) is 0 Å². The summed E-state index contributed by atoms with van der Waals surface area (Å²) in [6.45, 7) is 7.02. The third-order valence-electron chi connectivity index (χ3n) is 5.24. The molecule has 0 atom stereocenters. The lowest BCUT2D eigenvalue weighted by molar-refractivity contribution is 0.0882. The molecule has 1 saturated carbocycles. The van der Waals surface area contributed by atoms with Gasteiger partial charge < -0.3 is 4.74 Å². The Kier molecular flexibility index (Phi) is 5.22. The zero-order valence-electron chi connectivity index (χ0n) is 15.4. The van der Waals surface area contributed by atoms with E-state index >= 15 is 0 Å². The molecule has 25 heavy (non-hydrogen) atoms. The monoisotopic (exact) mass is 337 g/mol. The van der Waals surface area contributed by atoms with Gasteiger partial charge in [0.1, 0.15) is 11.4 Å². The molecule has 0 radical (unpaired) electrons. The predicted octanol–water partition coefficient (Wildman–Crippen LogP) is 5.54. The molecule has 0 N–H and O–H groups in total. The number of aromatic nitrogens is 1. The van der Waals surface area contributed by atoms with E-state index in [2.05, 4.69) is 25.8 Å². The van der Waals surface area contributed by atoms with Crippen LogP contribution in [-0.2, 0) is 0 Å². The maximum absolute atomic E-state index is 10.9. The summed E-state index contributed by atoms with van der Waals surface area (Å²) in [5.41, 5.74) is 2.65. The van der Waals surface area contributed by atoms with Crippen LogP contribution < -0.4 is 4.74 Å². The Bertz CT molecular complexity index is 708. The molecule has 0 saturated heterocycles. The highest BCUT2D eigenvalue weighted by Gasteiger charge is 2.30. The normalized spacial score (nSPS) is 20.9. The van der Waals surface area contributed by atoms with Crippen molar-refractivity contribution in [1.29, 1.82) is 0 Å². The third kappa shape index (κ3) is 4.47. The Morgan fingerprint density at radius 2 is 1.68 bits per heavy atom. The lowest BCUT2D eigenvalue weighted by Crippen LogP contribution is -2.30. The Labute approximate surface area is 150 Å². The molecule has 1 aromatic carbocycles. The molecule has 1 fully saturated rings. The summed E-state index contributed by atoms with van der Waals surface area (Å²) in [6.07, 6.45) is 5.85. The summed E-state index contributed by atoms with van der Waals surface area (Å²) in [4.78, 5) is 15.2. The number of ether oxygens (including phenoxy) is 1. The van der Waals surface area contributed by atoms with E-state index in [4.69, 9.17) is 4.74 Å². The number of aldehydes is 1. The quantitative estimate of drug-likeness (QED) is 0.687. The molecule has 2 aromatic rings. The van der Waals surface area contributed by atoms with Crippen LogP contribution in [0.1, 0.15) is 56.9 Å². The zero-order valence-corrected chi connectivity index (χ0v) is 15.4. The lowest BCUT2D eigenvalue weighted by Gasteiger charge is -2.36. The summed E-state index contributed by atoms with van der Waals surface area (Å²) in [7, 11) is 0. The van der Waals surface area contributed by atoms with E-state index in [1.165, 1.54) is 12.8 Å². The minimum atomic E-state index is 0.320. The van der Waals surface area contributed by atoms with Crippen LogP contribution in [0.2, 0.25) is 0 Å². The van der Waals surface area contributed by atoms with Crippen LogP contribution in [0.15, 0.2) is 42.5 Å². The Balaban J connectivity index is 1.61. The van der Waals surface area contributed by atoms with Crippen molar-refractivity contribution in [2.24, 2.45) is 11.3 Å². The second-order valence-corrected chi connectivity index (χ2v) is 8.05. The van der Waals surface area contributed by atoms with Gasteiger partial charge in [-0.1, -0.05) is 26.8 Å². The molecule has 1 heterocycles. The fourth-order valence-corrected chi connectivity index (χ4v) is 3.62. The van der Waals surface area contributed by atoms with Crippen molar-refractivity contribution in [3.63, 3.8) is 0 Å². The summed E-state index contributed by atoms with van der Waals surface area (Å²) >= 11 is 0. The standard InChI is InChI=1S/C22H27NO2/c1-22(2,3)17-9-13-20(14-10-17)25-19-11-7-16(8-12-19)21-6-4-5-18(15-24)23-21/h4-8,11-12,15,17,20H,9-10,13-14H2,1-3H3/t17-,20-. The predicted molar refractivity (Wildman–Crippen MR) is 101 cm³/mol. The van der Waals surface area contributed by atoms with Crippen molar-refractivity contribution in [2.45, 2.75) is 52.6 Å².